The van der Waals surface area contributed by atoms with Gasteiger partial charge in [0.1, 0.15) is 0 Å². The van der Waals surface area contributed by atoms with Crippen molar-refractivity contribution in [2.45, 2.75) is 6.92 Å². The number of carbonyl (C=O) groups is 1. The number of aryl methyl sites for hydroxylation is 1. The normalized spacial score (nSPS) is 8.46. The third kappa shape index (κ3) is 2.88. The van der Waals surface area contributed by atoms with Gasteiger partial charge in [0.2, 0.25) is 0 Å². The Labute approximate surface area is 84.7 Å². The number of pyridine rings is 1. The summed E-state index contributed by atoms with van der Waals surface area (Å²) in [6.45, 7) is 1.82. The Morgan fingerprint density at radius 2 is 2.46 bits per heavy atom. The van der Waals surface area contributed by atoms with Crippen LogP contribution in [-0.4, -0.2) is 10.9 Å². The second-order valence-electron chi connectivity index (χ2n) is 2.31. The molecule has 1 heterocycles. The molecule has 3 nitrogen and oxygen atoms in total. The highest BCUT2D eigenvalue weighted by Gasteiger charge is 2.00. The Hall–Kier alpha value is -1.34. The fourth-order valence-electron chi connectivity index (χ4n) is 0.813. The van der Waals surface area contributed by atoms with Gasteiger partial charge in [0.15, 0.2) is 0 Å². The Kier molecular flexibility index (Phi) is 3.47. The first-order valence-electron chi connectivity index (χ1n) is 3.58. The van der Waals surface area contributed by atoms with E-state index >= 15 is 0 Å². The van der Waals surface area contributed by atoms with Crippen molar-refractivity contribution >= 4 is 27.5 Å². The first-order chi connectivity index (χ1) is 6.24. The Balaban J connectivity index is 2.78. The van der Waals surface area contributed by atoms with Crippen LogP contribution in [0, 0.1) is 17.7 Å². The van der Waals surface area contributed by atoms with Crippen LogP contribution < -0.4 is 5.32 Å². The first-order valence-corrected chi connectivity index (χ1v) is 4.37. The average molecular weight is 239 g/mol. The molecule has 0 aliphatic heterocycles. The maximum absolute atomic E-state index is 11.0. The summed E-state index contributed by atoms with van der Waals surface area (Å²) in [5, 5.41) is 2.61. The second-order valence-corrected chi connectivity index (χ2v) is 2.71. The molecule has 0 saturated carbocycles. The highest BCUT2D eigenvalue weighted by Crippen LogP contribution is 2.09. The lowest BCUT2D eigenvalue weighted by molar-refractivity contribution is -0.111. The van der Waals surface area contributed by atoms with Gasteiger partial charge < -0.3 is 5.32 Å². The topological polar surface area (TPSA) is 42.0 Å². The van der Waals surface area contributed by atoms with Crippen molar-refractivity contribution in [1.82, 2.24) is 4.98 Å². The van der Waals surface area contributed by atoms with Gasteiger partial charge in [0.05, 0.1) is 11.4 Å². The molecule has 0 bridgehead atoms. The van der Waals surface area contributed by atoms with Crippen LogP contribution in [0.25, 0.3) is 0 Å². The van der Waals surface area contributed by atoms with Gasteiger partial charge in [-0.1, -0.05) is 0 Å². The van der Waals surface area contributed by atoms with Crippen LogP contribution in [0.5, 0.6) is 0 Å². The molecule has 1 amide bonds. The summed E-state index contributed by atoms with van der Waals surface area (Å²) < 4.78 is 0. The van der Waals surface area contributed by atoms with Crippen molar-refractivity contribution in [2.75, 3.05) is 5.32 Å². The highest BCUT2D eigenvalue weighted by atomic mass is 79.9. The van der Waals surface area contributed by atoms with E-state index in [0.717, 1.165) is 5.69 Å². The lowest BCUT2D eigenvalue weighted by Gasteiger charge is -2.02. The number of rotatable bonds is 1. The monoisotopic (exact) mass is 238 g/mol. The van der Waals surface area contributed by atoms with Crippen LogP contribution in [-0.2, 0) is 4.79 Å². The second kappa shape index (κ2) is 4.63. The molecule has 0 aromatic carbocycles. The molecule has 0 aliphatic carbocycles. The number of carbonyl (C=O) groups excluding carboxylic acids is 1. The molecule has 0 unspecified atom stereocenters. The quantitative estimate of drug-likeness (QED) is 0.757. The molecule has 1 aromatic rings. The lowest BCUT2D eigenvalue weighted by Crippen LogP contribution is -2.09. The smallest absolute Gasteiger partial charge is 0.301 e. The summed E-state index contributed by atoms with van der Waals surface area (Å²) >= 11 is 2.84. The van der Waals surface area contributed by atoms with E-state index in [2.05, 4.69) is 37.0 Å². The van der Waals surface area contributed by atoms with E-state index in [9.17, 15) is 4.79 Å². The van der Waals surface area contributed by atoms with Crippen LogP contribution in [0.4, 0.5) is 5.69 Å². The summed E-state index contributed by atoms with van der Waals surface area (Å²) in [5.74, 6) is 1.96. The number of aromatic nitrogens is 1. The fourth-order valence-corrected chi connectivity index (χ4v) is 0.993. The Bertz CT molecular complexity index is 379. The molecule has 1 aromatic heterocycles. The van der Waals surface area contributed by atoms with Gasteiger partial charge in [-0.05, 0) is 23.9 Å². The standard InChI is InChI=1S/C9H7BrN2O/c1-7-8(3-2-6-11-7)12-9(13)4-5-10/h2-3,6H,1H3,(H,12,13). The number of anilines is 1. The van der Waals surface area contributed by atoms with Gasteiger partial charge in [0, 0.05) is 28.0 Å². The van der Waals surface area contributed by atoms with Crippen LogP contribution in [0.1, 0.15) is 5.69 Å². The molecule has 0 atom stereocenters. The molecule has 0 aliphatic rings. The first kappa shape index (κ1) is 9.75. The van der Waals surface area contributed by atoms with Gasteiger partial charge >= 0.3 is 5.91 Å². The molecule has 1 rings (SSSR count). The van der Waals surface area contributed by atoms with Crippen molar-refractivity contribution in [2.24, 2.45) is 0 Å². The minimum Gasteiger partial charge on any atom is -0.313 e. The summed E-state index contributed by atoms with van der Waals surface area (Å²) in [5.41, 5.74) is 1.45. The maximum atomic E-state index is 11.0. The molecular weight excluding hydrogens is 232 g/mol. The zero-order valence-electron chi connectivity index (χ0n) is 6.97. The predicted molar refractivity (Wildman–Crippen MR) is 54.3 cm³/mol. The van der Waals surface area contributed by atoms with E-state index in [1.54, 1.807) is 18.3 Å². The third-order valence-electron chi connectivity index (χ3n) is 1.42. The number of halogens is 1. The molecule has 4 heteroatoms. The average Bonchev–Trinajstić information content (AvgIpc) is 2.09. The van der Waals surface area contributed by atoms with Crippen molar-refractivity contribution in [3.8, 4) is 10.8 Å². The summed E-state index contributed by atoms with van der Waals surface area (Å²) in [6.07, 6.45) is 1.67. The zero-order valence-corrected chi connectivity index (χ0v) is 8.55. The number of nitrogens with zero attached hydrogens (tertiary/aromatic N) is 1. The van der Waals surface area contributed by atoms with E-state index in [1.165, 1.54) is 0 Å². The SMILES string of the molecule is Cc1ncccc1NC(=O)C#CBr. The number of amides is 1. The lowest BCUT2D eigenvalue weighted by atomic mass is 10.3. The third-order valence-corrected chi connectivity index (χ3v) is 1.61. The maximum Gasteiger partial charge on any atom is 0.301 e. The van der Waals surface area contributed by atoms with E-state index in [4.69, 9.17) is 0 Å². The molecule has 0 spiro atoms. The molecular formula is C9H7BrN2O. The molecule has 0 radical (unpaired) electrons. The van der Waals surface area contributed by atoms with E-state index in [-0.39, 0.29) is 5.91 Å². The summed E-state index contributed by atoms with van der Waals surface area (Å²) in [6, 6.07) is 3.53. The highest BCUT2D eigenvalue weighted by molar-refractivity contribution is 9.12. The van der Waals surface area contributed by atoms with Gasteiger partial charge in [-0.25, -0.2) is 0 Å². The van der Waals surface area contributed by atoms with Crippen molar-refractivity contribution in [3.63, 3.8) is 0 Å². The zero-order chi connectivity index (χ0) is 9.68. The van der Waals surface area contributed by atoms with Crippen molar-refractivity contribution < 1.29 is 4.79 Å². The number of hydrogen-bond acceptors (Lipinski definition) is 2. The Morgan fingerprint density at radius 1 is 1.69 bits per heavy atom. The molecule has 13 heavy (non-hydrogen) atoms. The van der Waals surface area contributed by atoms with Crippen LogP contribution in [0.2, 0.25) is 0 Å². The molecule has 0 saturated heterocycles. The summed E-state index contributed by atoms with van der Waals surface area (Å²) in [7, 11) is 0. The van der Waals surface area contributed by atoms with Gasteiger partial charge in [-0.2, -0.15) is 0 Å². The molecule has 1 N–H and O–H groups in total. The predicted octanol–water partition coefficient (Wildman–Crippen LogP) is 1.68. The van der Waals surface area contributed by atoms with Crippen LogP contribution in [0.3, 0.4) is 0 Å². The minimum absolute atomic E-state index is 0.354. The molecule has 0 fully saturated rings. The Morgan fingerprint density at radius 3 is 3.08 bits per heavy atom. The fraction of sp³-hybridized carbons (Fsp3) is 0.111. The van der Waals surface area contributed by atoms with E-state index < -0.39 is 0 Å². The minimum atomic E-state index is -0.354. The van der Waals surface area contributed by atoms with Gasteiger partial charge in [-0.3, -0.25) is 9.78 Å². The number of hydrogen-bond donors (Lipinski definition) is 1. The largest absolute Gasteiger partial charge is 0.313 e. The van der Waals surface area contributed by atoms with Crippen molar-refractivity contribution in [1.29, 1.82) is 0 Å². The van der Waals surface area contributed by atoms with E-state index in [0.29, 0.717) is 5.69 Å². The van der Waals surface area contributed by atoms with Crippen LogP contribution >= 0.6 is 15.9 Å². The van der Waals surface area contributed by atoms with Crippen molar-refractivity contribution in [3.05, 3.63) is 24.0 Å². The molecule has 66 valence electrons. The van der Waals surface area contributed by atoms with Gasteiger partial charge in [-0.15, -0.1) is 0 Å². The summed E-state index contributed by atoms with van der Waals surface area (Å²) in [4.78, 5) is 17.4. The van der Waals surface area contributed by atoms with Gasteiger partial charge in [0.25, 0.3) is 0 Å². The number of nitrogens with one attached hydrogen (secondary N) is 1. The van der Waals surface area contributed by atoms with Crippen LogP contribution in [0.15, 0.2) is 18.3 Å². The van der Waals surface area contributed by atoms with E-state index in [1.807, 2.05) is 6.92 Å².